The van der Waals surface area contributed by atoms with Gasteiger partial charge in [-0.3, -0.25) is 9.59 Å². The van der Waals surface area contributed by atoms with Crippen LogP contribution in [0.4, 0.5) is 5.00 Å². The van der Waals surface area contributed by atoms with Gasteiger partial charge < -0.3 is 15.8 Å². The molecule has 0 saturated carbocycles. The van der Waals surface area contributed by atoms with Gasteiger partial charge in [0.25, 0.3) is 11.8 Å². The van der Waals surface area contributed by atoms with Crippen LogP contribution in [0.2, 0.25) is 0 Å². The number of ether oxygens (including phenoxy) is 1. The van der Waals surface area contributed by atoms with Crippen LogP contribution >= 0.6 is 11.3 Å². The normalized spacial score (nSPS) is 15.5. The van der Waals surface area contributed by atoms with Crippen LogP contribution in [0.5, 0.6) is 0 Å². The molecule has 3 N–H and O–H groups in total. The van der Waals surface area contributed by atoms with E-state index in [0.717, 1.165) is 40.6 Å². The minimum Gasteiger partial charge on any atom is -0.452 e. The van der Waals surface area contributed by atoms with Gasteiger partial charge in [-0.2, -0.15) is 0 Å². The summed E-state index contributed by atoms with van der Waals surface area (Å²) in [6.07, 6.45) is 5.37. The Morgan fingerprint density at radius 3 is 2.88 bits per heavy atom. The lowest BCUT2D eigenvalue weighted by atomic mass is 9.88. The van der Waals surface area contributed by atoms with Crippen LogP contribution < -0.4 is 11.1 Å². The molecule has 164 valence electrons. The van der Waals surface area contributed by atoms with Crippen molar-refractivity contribution in [3.63, 3.8) is 0 Å². The maximum atomic E-state index is 12.3. The zero-order chi connectivity index (χ0) is 22.7. The van der Waals surface area contributed by atoms with Gasteiger partial charge in [-0.1, -0.05) is 31.2 Å². The van der Waals surface area contributed by atoms with Crippen molar-refractivity contribution in [2.24, 2.45) is 11.7 Å². The molecule has 1 atom stereocenters. The van der Waals surface area contributed by atoms with Crippen molar-refractivity contribution in [2.75, 3.05) is 11.9 Å². The summed E-state index contributed by atoms with van der Waals surface area (Å²) in [5.74, 6) is -1.22. The van der Waals surface area contributed by atoms with E-state index in [-0.39, 0.29) is 0 Å². The van der Waals surface area contributed by atoms with Crippen molar-refractivity contribution < 1.29 is 19.1 Å². The number of carbonyl (C=O) groups is 3. The van der Waals surface area contributed by atoms with Crippen molar-refractivity contribution in [1.82, 2.24) is 4.98 Å². The van der Waals surface area contributed by atoms with Crippen LogP contribution in [0.1, 0.15) is 39.8 Å². The number of anilines is 1. The first-order chi connectivity index (χ1) is 15.4. The quantitative estimate of drug-likeness (QED) is 0.440. The molecule has 2 aromatic heterocycles. The van der Waals surface area contributed by atoms with Gasteiger partial charge in [0.1, 0.15) is 5.00 Å². The summed E-state index contributed by atoms with van der Waals surface area (Å²) in [4.78, 5) is 41.8. The lowest BCUT2D eigenvalue weighted by Gasteiger charge is -2.18. The van der Waals surface area contributed by atoms with Crippen molar-refractivity contribution in [3.05, 3.63) is 64.2 Å². The van der Waals surface area contributed by atoms with Gasteiger partial charge in [-0.15, -0.1) is 11.3 Å². The molecule has 8 heteroatoms. The summed E-state index contributed by atoms with van der Waals surface area (Å²) in [7, 11) is 0. The Labute approximate surface area is 189 Å². The van der Waals surface area contributed by atoms with E-state index in [1.807, 2.05) is 30.3 Å². The topological polar surface area (TPSA) is 111 Å². The smallest absolute Gasteiger partial charge is 0.331 e. The number of nitrogens with two attached hydrogens (primary N) is 1. The lowest BCUT2D eigenvalue weighted by molar-refractivity contribution is -0.142. The molecular weight excluding hydrogens is 426 g/mol. The fourth-order valence-electron chi connectivity index (χ4n) is 3.78. The number of benzene rings is 1. The minimum absolute atomic E-state index is 0.374. The number of esters is 1. The Balaban J connectivity index is 1.36. The van der Waals surface area contributed by atoms with Crippen molar-refractivity contribution in [2.45, 2.75) is 26.2 Å². The van der Waals surface area contributed by atoms with Crippen molar-refractivity contribution in [3.8, 4) is 0 Å². The first-order valence-electron chi connectivity index (χ1n) is 10.4. The third-order valence-corrected chi connectivity index (χ3v) is 6.54. The molecule has 0 aliphatic heterocycles. The second-order valence-electron chi connectivity index (χ2n) is 7.84. The number of thiophene rings is 1. The van der Waals surface area contributed by atoms with E-state index in [4.69, 9.17) is 10.5 Å². The molecular formula is C24H23N3O4S. The number of aromatic nitrogens is 1. The third-order valence-electron chi connectivity index (χ3n) is 5.37. The maximum Gasteiger partial charge on any atom is 0.331 e. The lowest BCUT2D eigenvalue weighted by Crippen LogP contribution is -2.22. The van der Waals surface area contributed by atoms with E-state index in [2.05, 4.69) is 17.2 Å². The number of hydrogen-bond acceptors (Lipinski definition) is 6. The SMILES string of the molecule is CC1CCc2c(sc(NC(=O)COC(=O)C=Cc3ccc4ccccc4n3)c2C(N)=O)C1. The molecule has 1 aliphatic rings. The summed E-state index contributed by atoms with van der Waals surface area (Å²) < 4.78 is 5.03. The van der Waals surface area contributed by atoms with Crippen LogP contribution in [-0.2, 0) is 27.2 Å². The van der Waals surface area contributed by atoms with E-state index in [9.17, 15) is 14.4 Å². The molecule has 0 radical (unpaired) electrons. The second-order valence-corrected chi connectivity index (χ2v) is 8.94. The number of primary amides is 1. The van der Waals surface area contributed by atoms with E-state index < -0.39 is 24.4 Å². The third kappa shape index (κ3) is 4.86. The molecule has 0 bridgehead atoms. The number of para-hydroxylation sites is 1. The highest BCUT2D eigenvalue weighted by Crippen LogP contribution is 2.39. The molecule has 0 fully saturated rings. The molecule has 1 unspecified atom stereocenters. The predicted octanol–water partition coefficient (Wildman–Crippen LogP) is 3.72. The molecule has 1 aromatic carbocycles. The molecule has 32 heavy (non-hydrogen) atoms. The van der Waals surface area contributed by atoms with Gasteiger partial charge in [0, 0.05) is 16.3 Å². The number of amides is 2. The number of hydrogen-bond donors (Lipinski definition) is 2. The highest BCUT2D eigenvalue weighted by Gasteiger charge is 2.27. The number of nitrogens with one attached hydrogen (secondary N) is 1. The molecule has 3 aromatic rings. The van der Waals surface area contributed by atoms with Gasteiger partial charge in [0.2, 0.25) is 0 Å². The highest BCUT2D eigenvalue weighted by molar-refractivity contribution is 7.17. The number of carbonyl (C=O) groups excluding carboxylic acids is 3. The first kappa shape index (κ1) is 21.7. The van der Waals surface area contributed by atoms with Crippen molar-refractivity contribution in [1.29, 1.82) is 0 Å². The Kier molecular flexibility index (Phi) is 6.32. The largest absolute Gasteiger partial charge is 0.452 e. The summed E-state index contributed by atoms with van der Waals surface area (Å²) in [5, 5.41) is 4.11. The monoisotopic (exact) mass is 449 g/mol. The van der Waals surface area contributed by atoms with Crippen molar-refractivity contribution >= 4 is 51.1 Å². The molecule has 2 heterocycles. The fourth-order valence-corrected chi connectivity index (χ4v) is 5.21. The Bertz CT molecular complexity index is 1230. The summed E-state index contributed by atoms with van der Waals surface area (Å²) in [5.41, 5.74) is 8.29. The second kappa shape index (κ2) is 9.32. The molecule has 2 amide bonds. The first-order valence-corrected chi connectivity index (χ1v) is 11.2. The number of pyridine rings is 1. The Morgan fingerprint density at radius 2 is 2.06 bits per heavy atom. The molecule has 0 spiro atoms. The molecule has 0 saturated heterocycles. The number of fused-ring (bicyclic) bond motifs is 2. The number of nitrogens with zero attached hydrogens (tertiary/aromatic N) is 1. The van der Waals surface area contributed by atoms with Gasteiger partial charge in [0.15, 0.2) is 6.61 Å². The predicted molar refractivity (Wildman–Crippen MR) is 124 cm³/mol. The van der Waals surface area contributed by atoms with E-state index in [1.54, 1.807) is 6.07 Å². The van der Waals surface area contributed by atoms with Gasteiger partial charge in [-0.25, -0.2) is 9.78 Å². The van der Waals surface area contributed by atoms with Crippen LogP contribution in [-0.4, -0.2) is 29.4 Å². The van der Waals surface area contributed by atoms with E-state index in [1.165, 1.54) is 23.5 Å². The van der Waals surface area contributed by atoms with Crippen LogP contribution in [0.15, 0.2) is 42.5 Å². The van der Waals surface area contributed by atoms with E-state index in [0.29, 0.717) is 22.2 Å². The average Bonchev–Trinajstić information content (AvgIpc) is 3.13. The number of rotatable bonds is 6. The van der Waals surface area contributed by atoms with Gasteiger partial charge in [0.05, 0.1) is 16.8 Å². The summed E-state index contributed by atoms with van der Waals surface area (Å²) >= 11 is 1.37. The molecule has 7 nitrogen and oxygen atoms in total. The average molecular weight is 450 g/mol. The van der Waals surface area contributed by atoms with Crippen LogP contribution in [0, 0.1) is 5.92 Å². The summed E-state index contributed by atoms with van der Waals surface area (Å²) in [6.45, 7) is 1.69. The summed E-state index contributed by atoms with van der Waals surface area (Å²) in [6, 6.07) is 11.4. The Morgan fingerprint density at radius 1 is 1.25 bits per heavy atom. The fraction of sp³-hybridized carbons (Fsp3) is 0.250. The Hall–Kier alpha value is -3.52. The molecule has 1 aliphatic carbocycles. The highest BCUT2D eigenvalue weighted by atomic mass is 32.1. The zero-order valence-electron chi connectivity index (χ0n) is 17.6. The molecule has 4 rings (SSSR count). The van der Waals surface area contributed by atoms with Crippen LogP contribution in [0.3, 0.4) is 0 Å². The van der Waals surface area contributed by atoms with Crippen LogP contribution in [0.25, 0.3) is 17.0 Å². The standard InChI is InChI=1S/C24H23N3O4S/c1-14-6-10-17-19(12-14)32-24(22(17)23(25)30)27-20(28)13-31-21(29)11-9-16-8-7-15-4-2-3-5-18(15)26-16/h2-5,7-9,11,14H,6,10,12-13H2,1H3,(H2,25,30)(H,27,28). The van der Waals surface area contributed by atoms with Gasteiger partial charge >= 0.3 is 5.97 Å². The van der Waals surface area contributed by atoms with Gasteiger partial charge in [-0.05, 0) is 49.0 Å². The van der Waals surface area contributed by atoms with E-state index >= 15 is 0 Å². The minimum atomic E-state index is -0.662. The maximum absolute atomic E-state index is 12.3. The zero-order valence-corrected chi connectivity index (χ0v) is 18.4.